The number of unbranched alkanes of at least 4 members (excludes halogenated alkanes) is 1. The number of nitrogens with one attached hydrogen (secondary N) is 1. The summed E-state index contributed by atoms with van der Waals surface area (Å²) >= 11 is 0. The van der Waals surface area contributed by atoms with Gasteiger partial charge in [-0.1, -0.05) is 51.5 Å². The summed E-state index contributed by atoms with van der Waals surface area (Å²) < 4.78 is 5.63. The lowest BCUT2D eigenvalue weighted by molar-refractivity contribution is 0.309. The number of rotatable bonds is 9. The first kappa shape index (κ1) is 15.8. The highest BCUT2D eigenvalue weighted by Gasteiger charge is 1.93. The third-order valence-electron chi connectivity index (χ3n) is 2.77. The van der Waals surface area contributed by atoms with E-state index >= 15 is 0 Å². The van der Waals surface area contributed by atoms with Gasteiger partial charge in [-0.3, -0.25) is 0 Å². The Morgan fingerprint density at radius 1 is 1.21 bits per heavy atom. The molecule has 106 valence electrons. The minimum atomic E-state index is 0.702. The van der Waals surface area contributed by atoms with Crippen LogP contribution >= 0.6 is 0 Å². The monoisotopic (exact) mass is 261 g/mol. The van der Waals surface area contributed by atoms with Gasteiger partial charge in [-0.25, -0.2) is 0 Å². The molecule has 0 heterocycles. The van der Waals surface area contributed by atoms with Gasteiger partial charge < -0.3 is 10.1 Å². The maximum absolute atomic E-state index is 5.63. The van der Waals surface area contributed by atoms with Crippen molar-refractivity contribution in [2.75, 3.05) is 19.7 Å². The van der Waals surface area contributed by atoms with Crippen LogP contribution < -0.4 is 10.1 Å². The Bertz CT molecular complexity index is 354. The van der Waals surface area contributed by atoms with Crippen LogP contribution in [0.25, 0.3) is 6.08 Å². The lowest BCUT2D eigenvalue weighted by atomic mass is 10.2. The van der Waals surface area contributed by atoms with E-state index in [9.17, 15) is 0 Å². The highest BCUT2D eigenvalue weighted by molar-refractivity contribution is 5.50. The second-order valence-electron chi connectivity index (χ2n) is 5.23. The standard InChI is InChI=1S/C17H27NO/c1-4-5-13-19-17-10-8-16(9-11-17)7-6-12-18-14-15(2)3/h6-11,15,18H,4-5,12-14H2,1-3H3. The molecule has 0 aromatic heterocycles. The Hall–Kier alpha value is -1.28. The minimum absolute atomic E-state index is 0.702. The summed E-state index contributed by atoms with van der Waals surface area (Å²) in [7, 11) is 0. The fourth-order valence-corrected chi connectivity index (χ4v) is 1.66. The van der Waals surface area contributed by atoms with Gasteiger partial charge in [-0.05, 0) is 36.6 Å². The zero-order valence-electron chi connectivity index (χ0n) is 12.5. The number of ether oxygens (including phenoxy) is 1. The minimum Gasteiger partial charge on any atom is -0.494 e. The summed E-state index contributed by atoms with van der Waals surface area (Å²) in [4.78, 5) is 0. The first-order chi connectivity index (χ1) is 9.22. The fourth-order valence-electron chi connectivity index (χ4n) is 1.66. The lowest BCUT2D eigenvalue weighted by Crippen LogP contribution is -2.19. The molecule has 19 heavy (non-hydrogen) atoms. The summed E-state index contributed by atoms with van der Waals surface area (Å²) in [5.74, 6) is 1.66. The molecule has 1 aromatic carbocycles. The smallest absolute Gasteiger partial charge is 0.119 e. The highest BCUT2D eigenvalue weighted by Crippen LogP contribution is 2.13. The maximum atomic E-state index is 5.63. The largest absolute Gasteiger partial charge is 0.494 e. The quantitative estimate of drug-likeness (QED) is 0.675. The maximum Gasteiger partial charge on any atom is 0.119 e. The van der Waals surface area contributed by atoms with Crippen LogP contribution in [0.2, 0.25) is 0 Å². The third-order valence-corrected chi connectivity index (χ3v) is 2.77. The van der Waals surface area contributed by atoms with E-state index in [1.54, 1.807) is 0 Å². The number of benzene rings is 1. The molecule has 0 spiro atoms. The lowest BCUT2D eigenvalue weighted by Gasteiger charge is -2.05. The van der Waals surface area contributed by atoms with Crippen LogP contribution in [-0.4, -0.2) is 19.7 Å². The number of hydrogen-bond donors (Lipinski definition) is 1. The topological polar surface area (TPSA) is 21.3 Å². The van der Waals surface area contributed by atoms with Crippen LogP contribution in [0.4, 0.5) is 0 Å². The van der Waals surface area contributed by atoms with E-state index < -0.39 is 0 Å². The van der Waals surface area contributed by atoms with Crippen LogP contribution in [0.15, 0.2) is 30.3 Å². The van der Waals surface area contributed by atoms with Crippen molar-refractivity contribution < 1.29 is 4.74 Å². The summed E-state index contributed by atoms with van der Waals surface area (Å²) in [5, 5.41) is 3.39. The summed E-state index contributed by atoms with van der Waals surface area (Å²) in [5.41, 5.74) is 1.22. The summed E-state index contributed by atoms with van der Waals surface area (Å²) in [6.45, 7) is 9.40. The van der Waals surface area contributed by atoms with E-state index in [-0.39, 0.29) is 0 Å². The molecule has 0 saturated carbocycles. The Kier molecular flexibility index (Phi) is 7.99. The predicted molar refractivity (Wildman–Crippen MR) is 83.6 cm³/mol. The van der Waals surface area contributed by atoms with Crippen molar-refractivity contribution in [3.63, 3.8) is 0 Å². The van der Waals surface area contributed by atoms with Gasteiger partial charge >= 0.3 is 0 Å². The Morgan fingerprint density at radius 3 is 2.58 bits per heavy atom. The second-order valence-corrected chi connectivity index (χ2v) is 5.23. The van der Waals surface area contributed by atoms with Gasteiger partial charge in [0.25, 0.3) is 0 Å². The SMILES string of the molecule is CCCCOc1ccc(C=CCNCC(C)C)cc1. The third kappa shape index (κ3) is 7.68. The molecule has 1 rings (SSSR count). The molecular weight excluding hydrogens is 234 g/mol. The van der Waals surface area contributed by atoms with Crippen molar-refractivity contribution in [2.24, 2.45) is 5.92 Å². The Morgan fingerprint density at radius 2 is 1.95 bits per heavy atom. The van der Waals surface area contributed by atoms with E-state index in [1.807, 2.05) is 12.1 Å². The molecule has 2 heteroatoms. The molecule has 1 aromatic rings. The zero-order valence-corrected chi connectivity index (χ0v) is 12.5. The molecule has 0 bridgehead atoms. The molecule has 0 fully saturated rings. The van der Waals surface area contributed by atoms with Gasteiger partial charge in [0.05, 0.1) is 6.61 Å². The molecule has 2 nitrogen and oxygen atoms in total. The van der Waals surface area contributed by atoms with Crippen LogP contribution in [0, 0.1) is 5.92 Å². The van der Waals surface area contributed by atoms with Crippen molar-refractivity contribution >= 4 is 6.08 Å². The molecule has 0 radical (unpaired) electrons. The van der Waals surface area contributed by atoms with Gasteiger partial charge in [0.1, 0.15) is 5.75 Å². The van der Waals surface area contributed by atoms with Crippen molar-refractivity contribution in [1.82, 2.24) is 5.32 Å². The molecule has 1 N–H and O–H groups in total. The van der Waals surface area contributed by atoms with Gasteiger partial charge in [0.15, 0.2) is 0 Å². The molecule has 0 aliphatic carbocycles. The molecular formula is C17H27NO. The average molecular weight is 261 g/mol. The van der Waals surface area contributed by atoms with Crippen LogP contribution in [0.5, 0.6) is 5.75 Å². The van der Waals surface area contributed by atoms with E-state index in [4.69, 9.17) is 4.74 Å². The van der Waals surface area contributed by atoms with E-state index in [0.717, 1.165) is 31.9 Å². The van der Waals surface area contributed by atoms with Crippen LogP contribution in [0.3, 0.4) is 0 Å². The second kappa shape index (κ2) is 9.62. The zero-order chi connectivity index (χ0) is 13.9. The fraction of sp³-hybridized carbons (Fsp3) is 0.529. The van der Waals surface area contributed by atoms with Crippen molar-refractivity contribution in [3.8, 4) is 5.75 Å². The van der Waals surface area contributed by atoms with E-state index in [0.29, 0.717) is 5.92 Å². The summed E-state index contributed by atoms with van der Waals surface area (Å²) in [6, 6.07) is 8.27. The molecule has 0 saturated heterocycles. The van der Waals surface area contributed by atoms with Gasteiger partial charge in [-0.15, -0.1) is 0 Å². The summed E-state index contributed by atoms with van der Waals surface area (Å²) in [6.07, 6.45) is 6.59. The molecule has 0 aliphatic heterocycles. The van der Waals surface area contributed by atoms with Gasteiger partial charge in [-0.2, -0.15) is 0 Å². The Balaban J connectivity index is 2.29. The first-order valence-electron chi connectivity index (χ1n) is 7.32. The molecule has 0 aliphatic rings. The van der Waals surface area contributed by atoms with Crippen molar-refractivity contribution in [1.29, 1.82) is 0 Å². The molecule has 0 amide bonds. The van der Waals surface area contributed by atoms with Crippen LogP contribution in [-0.2, 0) is 0 Å². The Labute approximate surface area is 117 Å². The van der Waals surface area contributed by atoms with E-state index in [1.165, 1.54) is 12.0 Å². The van der Waals surface area contributed by atoms with Crippen molar-refractivity contribution in [2.45, 2.75) is 33.6 Å². The van der Waals surface area contributed by atoms with Crippen LogP contribution in [0.1, 0.15) is 39.2 Å². The molecule has 0 atom stereocenters. The van der Waals surface area contributed by atoms with Crippen molar-refractivity contribution in [3.05, 3.63) is 35.9 Å². The number of hydrogen-bond acceptors (Lipinski definition) is 2. The normalized spacial score (nSPS) is 11.4. The van der Waals surface area contributed by atoms with Gasteiger partial charge in [0, 0.05) is 6.54 Å². The molecule has 0 unspecified atom stereocenters. The van der Waals surface area contributed by atoms with Gasteiger partial charge in [0.2, 0.25) is 0 Å². The first-order valence-corrected chi connectivity index (χ1v) is 7.32. The predicted octanol–water partition coefficient (Wildman–Crippen LogP) is 4.12. The average Bonchev–Trinajstić information content (AvgIpc) is 2.40. The highest BCUT2D eigenvalue weighted by atomic mass is 16.5. The van der Waals surface area contributed by atoms with E-state index in [2.05, 4.69) is 50.4 Å².